The summed E-state index contributed by atoms with van der Waals surface area (Å²) < 4.78 is 47.0. The van der Waals surface area contributed by atoms with Crippen LogP contribution in [0.4, 0.5) is 20.6 Å². The molecule has 1 aliphatic carbocycles. The van der Waals surface area contributed by atoms with Gasteiger partial charge in [-0.25, -0.2) is 17.6 Å². The number of alkyl carbamates (subject to hydrolysis) is 1. The number of anilines is 2. The van der Waals surface area contributed by atoms with Crippen LogP contribution in [-0.4, -0.2) is 71.2 Å². The van der Waals surface area contributed by atoms with E-state index in [2.05, 4.69) is 33.1 Å². The fraction of sp³-hybridized carbons (Fsp3) is 0.410. The highest BCUT2D eigenvalue weighted by atomic mass is 32.2. The average Bonchev–Trinajstić information content (AvgIpc) is 3.59. The van der Waals surface area contributed by atoms with Crippen LogP contribution in [0, 0.1) is 34.9 Å². The Bertz CT molecular complexity index is 1900. The standard InChI is InChI=1S/C39H44FN5O5S/c1-3-37(46)43-31-9-5-10-34(22-31)51(48,49)33-15-13-32(14-16-33)45-24-27(25-45)23-44-19-17-28(18-20-44)39(26-41,29-7-4-8-30(40)21-29)35-11-6-12-36(35)50-38(47)42-2/h3-5,7-10,13-16,21-22,27-28,35-36H,1,6,11-12,17-20,23-25H2,2H3,(H,42,47)(H,43,46)/t35-,36-,39?/m0/s1. The maximum atomic E-state index is 14.6. The molecule has 10 nitrogen and oxygen atoms in total. The highest BCUT2D eigenvalue weighted by Crippen LogP contribution is 2.51. The molecule has 12 heteroatoms. The number of ether oxygens (including phenoxy) is 1. The molecule has 1 unspecified atom stereocenters. The summed E-state index contributed by atoms with van der Waals surface area (Å²) in [5, 5.41) is 16.0. The summed E-state index contributed by atoms with van der Waals surface area (Å²) in [6.07, 6.45) is 4.01. The van der Waals surface area contributed by atoms with Crippen LogP contribution < -0.4 is 15.5 Å². The van der Waals surface area contributed by atoms with Gasteiger partial charge in [-0.3, -0.25) is 4.79 Å². The summed E-state index contributed by atoms with van der Waals surface area (Å²) in [6, 6.07) is 22.1. The number of piperidine rings is 1. The van der Waals surface area contributed by atoms with Gasteiger partial charge in [0.05, 0.1) is 21.3 Å². The van der Waals surface area contributed by atoms with Gasteiger partial charge in [0.2, 0.25) is 15.7 Å². The van der Waals surface area contributed by atoms with E-state index in [4.69, 9.17) is 4.74 Å². The third-order valence-corrected chi connectivity index (χ3v) is 12.6. The van der Waals surface area contributed by atoms with Crippen molar-refractivity contribution in [3.8, 4) is 6.07 Å². The maximum absolute atomic E-state index is 14.6. The van der Waals surface area contributed by atoms with Gasteiger partial charge in [-0.05, 0) is 117 Å². The number of nitriles is 1. The summed E-state index contributed by atoms with van der Waals surface area (Å²) in [7, 11) is -2.26. The van der Waals surface area contributed by atoms with E-state index in [0.717, 1.165) is 70.2 Å². The number of nitrogens with zero attached hydrogens (tertiary/aromatic N) is 3. The van der Waals surface area contributed by atoms with E-state index < -0.39 is 33.4 Å². The van der Waals surface area contributed by atoms with Gasteiger partial charge < -0.3 is 25.2 Å². The quantitative estimate of drug-likeness (QED) is 0.234. The summed E-state index contributed by atoms with van der Waals surface area (Å²) in [5.74, 6) is -0.590. The largest absolute Gasteiger partial charge is 0.446 e. The Morgan fingerprint density at radius 3 is 2.41 bits per heavy atom. The summed E-state index contributed by atoms with van der Waals surface area (Å²) in [4.78, 5) is 28.8. The molecule has 1 saturated carbocycles. The molecule has 3 aliphatic rings. The fourth-order valence-electron chi connectivity index (χ4n) is 8.26. The van der Waals surface area contributed by atoms with E-state index in [1.807, 2.05) is 18.2 Å². The van der Waals surface area contributed by atoms with Crippen molar-refractivity contribution in [3.05, 3.63) is 96.8 Å². The Balaban J connectivity index is 1.06. The first-order valence-corrected chi connectivity index (χ1v) is 19.0. The number of likely N-dealkylation sites (tertiary alicyclic amines) is 1. The molecule has 2 aliphatic heterocycles. The lowest BCUT2D eigenvalue weighted by Gasteiger charge is -2.47. The van der Waals surface area contributed by atoms with Gasteiger partial charge in [0.1, 0.15) is 11.9 Å². The van der Waals surface area contributed by atoms with Crippen molar-refractivity contribution < 1.29 is 27.1 Å². The van der Waals surface area contributed by atoms with Gasteiger partial charge in [0.15, 0.2) is 0 Å². The number of carbonyl (C=O) groups excluding carboxylic acids is 2. The molecule has 2 N–H and O–H groups in total. The van der Waals surface area contributed by atoms with Crippen LogP contribution in [0.15, 0.2) is 95.2 Å². The van der Waals surface area contributed by atoms with Gasteiger partial charge >= 0.3 is 6.09 Å². The third kappa shape index (κ3) is 7.51. The molecule has 0 radical (unpaired) electrons. The first-order chi connectivity index (χ1) is 24.6. The molecule has 268 valence electrons. The first kappa shape index (κ1) is 36.1. The van der Waals surface area contributed by atoms with Gasteiger partial charge in [0.25, 0.3) is 0 Å². The summed E-state index contributed by atoms with van der Waals surface area (Å²) >= 11 is 0. The predicted octanol–water partition coefficient (Wildman–Crippen LogP) is 5.92. The normalized spacial score (nSPS) is 21.2. The molecule has 0 aromatic heterocycles. The molecule has 3 atom stereocenters. The second-order valence-electron chi connectivity index (χ2n) is 13.8. The van der Waals surface area contributed by atoms with Gasteiger partial charge in [-0.1, -0.05) is 24.8 Å². The highest BCUT2D eigenvalue weighted by Gasteiger charge is 2.53. The molecular weight excluding hydrogens is 670 g/mol. The zero-order valence-corrected chi connectivity index (χ0v) is 29.6. The van der Waals surface area contributed by atoms with Crippen LogP contribution >= 0.6 is 0 Å². The zero-order valence-electron chi connectivity index (χ0n) is 28.8. The van der Waals surface area contributed by atoms with Crippen LogP contribution in [0.1, 0.15) is 37.7 Å². The number of sulfone groups is 1. The van der Waals surface area contributed by atoms with E-state index in [1.165, 1.54) is 31.3 Å². The number of halogens is 1. The van der Waals surface area contributed by atoms with E-state index in [-0.39, 0.29) is 27.4 Å². The smallest absolute Gasteiger partial charge is 0.407 e. The molecule has 2 amide bonds. The third-order valence-electron chi connectivity index (χ3n) is 10.8. The zero-order chi connectivity index (χ0) is 36.2. The topological polar surface area (TPSA) is 132 Å². The van der Waals surface area contributed by atoms with E-state index >= 15 is 0 Å². The van der Waals surface area contributed by atoms with Crippen LogP contribution in [0.2, 0.25) is 0 Å². The van der Waals surface area contributed by atoms with Crippen molar-refractivity contribution in [3.63, 3.8) is 0 Å². The van der Waals surface area contributed by atoms with Crippen LogP contribution in [0.3, 0.4) is 0 Å². The molecule has 3 fully saturated rings. The van der Waals surface area contributed by atoms with Gasteiger partial charge in [0, 0.05) is 49.9 Å². The Morgan fingerprint density at radius 1 is 1.02 bits per heavy atom. The first-order valence-electron chi connectivity index (χ1n) is 17.5. The molecule has 2 saturated heterocycles. The van der Waals surface area contributed by atoms with Crippen LogP contribution in [0.5, 0.6) is 0 Å². The number of nitrogens with one attached hydrogen (secondary N) is 2. The van der Waals surface area contributed by atoms with Crippen LogP contribution in [-0.2, 0) is 24.8 Å². The number of carbonyl (C=O) groups is 2. The second-order valence-corrected chi connectivity index (χ2v) is 15.7. The molecule has 3 aromatic rings. The molecular formula is C39H44FN5O5S. The van der Waals surface area contributed by atoms with Crippen molar-refractivity contribution in [2.24, 2.45) is 17.8 Å². The number of rotatable bonds is 11. The van der Waals surface area contributed by atoms with Gasteiger partial charge in [-0.2, -0.15) is 5.26 Å². The average molecular weight is 714 g/mol. The number of hydrogen-bond acceptors (Lipinski definition) is 8. The molecule has 2 heterocycles. The Kier molecular flexibility index (Phi) is 10.8. The van der Waals surface area contributed by atoms with E-state index in [1.54, 1.807) is 30.3 Å². The maximum Gasteiger partial charge on any atom is 0.407 e. The lowest BCUT2D eigenvalue weighted by atomic mass is 9.59. The molecule has 3 aromatic carbocycles. The van der Waals surface area contributed by atoms with Crippen molar-refractivity contribution >= 4 is 33.2 Å². The lowest BCUT2D eigenvalue weighted by molar-refractivity contribution is -0.111. The Morgan fingerprint density at radius 2 is 1.75 bits per heavy atom. The monoisotopic (exact) mass is 713 g/mol. The predicted molar refractivity (Wildman–Crippen MR) is 192 cm³/mol. The number of amides is 2. The van der Waals surface area contributed by atoms with Crippen molar-refractivity contribution in [2.75, 3.05) is 50.0 Å². The number of benzene rings is 3. The molecule has 6 rings (SSSR count). The number of hydrogen-bond donors (Lipinski definition) is 2. The van der Waals surface area contributed by atoms with Crippen molar-refractivity contribution in [2.45, 2.75) is 53.4 Å². The summed E-state index contributed by atoms with van der Waals surface area (Å²) in [6.45, 7) is 7.68. The summed E-state index contributed by atoms with van der Waals surface area (Å²) in [5.41, 5.74) is 1.02. The highest BCUT2D eigenvalue weighted by molar-refractivity contribution is 7.91. The van der Waals surface area contributed by atoms with Gasteiger partial charge in [-0.15, -0.1) is 0 Å². The van der Waals surface area contributed by atoms with E-state index in [9.17, 15) is 27.7 Å². The SMILES string of the molecule is C=CC(=O)Nc1cccc(S(=O)(=O)c2ccc(N3CC(CN4CCC(C(C#N)(c5cccc(F)c5)[C@H]5CCC[C@@H]5OC(=O)NC)CC4)C3)cc2)c1. The minimum Gasteiger partial charge on any atom is -0.446 e. The van der Waals surface area contributed by atoms with Crippen molar-refractivity contribution in [1.29, 1.82) is 5.26 Å². The minimum absolute atomic E-state index is 0.0134. The van der Waals surface area contributed by atoms with Crippen molar-refractivity contribution in [1.82, 2.24) is 10.2 Å². The van der Waals surface area contributed by atoms with Crippen LogP contribution in [0.25, 0.3) is 0 Å². The molecule has 51 heavy (non-hydrogen) atoms. The molecule has 0 bridgehead atoms. The fourth-order valence-corrected chi connectivity index (χ4v) is 9.57. The lowest BCUT2D eigenvalue weighted by Crippen LogP contribution is -2.54. The molecule has 0 spiro atoms. The second kappa shape index (κ2) is 15.3. The Labute approximate surface area is 299 Å². The minimum atomic E-state index is -3.78. The Hall–Kier alpha value is -4.73. The van der Waals surface area contributed by atoms with E-state index in [0.29, 0.717) is 23.6 Å².